The summed E-state index contributed by atoms with van der Waals surface area (Å²) in [6, 6.07) is 3.17. The molecule has 2 heterocycles. The van der Waals surface area contributed by atoms with E-state index in [9.17, 15) is 18.0 Å². The van der Waals surface area contributed by atoms with E-state index in [1.165, 1.54) is 12.3 Å². The number of carbonyl (C=O) groups excluding carboxylic acids is 2. The smallest absolute Gasteiger partial charge is 0.288 e. The van der Waals surface area contributed by atoms with Gasteiger partial charge in [0, 0.05) is 19.2 Å². The number of halogens is 1. The van der Waals surface area contributed by atoms with Crippen LogP contribution in [0.5, 0.6) is 0 Å². The van der Waals surface area contributed by atoms with Gasteiger partial charge in [0.25, 0.3) is 11.8 Å². The van der Waals surface area contributed by atoms with Gasteiger partial charge in [-0.25, -0.2) is 8.42 Å². The molecule has 1 aliphatic rings. The second-order valence-electron chi connectivity index (χ2n) is 5.18. The zero-order valence-electron chi connectivity index (χ0n) is 12.7. The molecular formula is C13H19ClN4O4S. The Morgan fingerprint density at radius 1 is 1.30 bits per heavy atom. The zero-order valence-corrected chi connectivity index (χ0v) is 14.2. The second kappa shape index (κ2) is 8.23. The summed E-state index contributed by atoms with van der Waals surface area (Å²) in [6.07, 6.45) is 6.18. The molecule has 2 rings (SSSR count). The van der Waals surface area contributed by atoms with Crippen LogP contribution in [0.25, 0.3) is 0 Å². The van der Waals surface area contributed by atoms with Gasteiger partial charge in [0.15, 0.2) is 12.4 Å². The summed E-state index contributed by atoms with van der Waals surface area (Å²) in [5.74, 6) is -0.581. The largest absolute Gasteiger partial charge is 1.00 e. The molecule has 2 N–H and O–H groups in total. The predicted molar refractivity (Wildman–Crippen MR) is 77.9 cm³/mol. The summed E-state index contributed by atoms with van der Waals surface area (Å²) >= 11 is 0. The Balaban J connectivity index is 0.00000264. The zero-order chi connectivity index (χ0) is 16.2. The molecule has 0 radical (unpaired) electrons. The van der Waals surface area contributed by atoms with Crippen molar-refractivity contribution in [2.75, 3.05) is 19.3 Å². The Bertz CT molecular complexity index is 674. The van der Waals surface area contributed by atoms with E-state index in [1.54, 1.807) is 21.7 Å². The van der Waals surface area contributed by atoms with E-state index >= 15 is 0 Å². The average Bonchev–Trinajstić information content (AvgIpc) is 2.98. The molecule has 0 unspecified atom stereocenters. The highest BCUT2D eigenvalue weighted by Crippen LogP contribution is 2.07. The van der Waals surface area contributed by atoms with Crippen LogP contribution in [0.4, 0.5) is 0 Å². The number of nitrogens with zero attached hydrogens (tertiary/aromatic N) is 2. The van der Waals surface area contributed by atoms with Crippen LogP contribution in [0.15, 0.2) is 24.5 Å². The molecule has 0 atom stereocenters. The van der Waals surface area contributed by atoms with Crippen molar-refractivity contribution in [2.45, 2.75) is 19.4 Å². The standard InChI is InChI=1S/C13H18N4O4S.ClH/c1-22(20,21)15-14-13(19)11-5-4-6-16(9-11)10-12(18)17-7-2-3-8-17;/h4-6,9,15H,2-3,7-8,10H2,1H3;1H. The molecule has 1 saturated heterocycles. The molecule has 1 aromatic rings. The molecule has 0 spiro atoms. The molecule has 0 aromatic carbocycles. The number of sulfonamides is 1. The topological polar surface area (TPSA) is 99.5 Å². The van der Waals surface area contributed by atoms with E-state index in [2.05, 4.69) is 5.43 Å². The Morgan fingerprint density at radius 2 is 1.96 bits per heavy atom. The van der Waals surface area contributed by atoms with Crippen molar-refractivity contribution in [2.24, 2.45) is 0 Å². The lowest BCUT2D eigenvalue weighted by molar-refractivity contribution is -0.685. The fraction of sp³-hybridized carbons (Fsp3) is 0.462. The van der Waals surface area contributed by atoms with Gasteiger partial charge in [0.1, 0.15) is 5.56 Å². The SMILES string of the molecule is CS(=O)(=O)NNC(=O)c1ccc[n+](CC(=O)N2CCCC2)c1.[Cl-]. The second-order valence-corrected chi connectivity index (χ2v) is 6.93. The number of amides is 2. The van der Waals surface area contributed by atoms with Crippen LogP contribution in [-0.2, 0) is 21.4 Å². The minimum Gasteiger partial charge on any atom is -1.00 e. The Labute approximate surface area is 141 Å². The molecule has 1 aliphatic heterocycles. The number of hydrogen-bond acceptors (Lipinski definition) is 4. The molecule has 128 valence electrons. The first-order valence-electron chi connectivity index (χ1n) is 6.89. The highest BCUT2D eigenvalue weighted by molar-refractivity contribution is 7.88. The quantitative estimate of drug-likeness (QED) is 0.410. The summed E-state index contributed by atoms with van der Waals surface area (Å²) < 4.78 is 23.5. The predicted octanol–water partition coefficient (Wildman–Crippen LogP) is -4.21. The number of aromatic nitrogens is 1. The van der Waals surface area contributed by atoms with Crippen molar-refractivity contribution < 1.29 is 35.0 Å². The number of carbonyl (C=O) groups is 2. The third-order valence-electron chi connectivity index (χ3n) is 3.25. The monoisotopic (exact) mass is 362 g/mol. The maximum atomic E-state index is 12.1. The number of hydrazine groups is 1. The third kappa shape index (κ3) is 6.12. The number of likely N-dealkylation sites (tertiary alicyclic amines) is 1. The molecule has 1 aromatic heterocycles. The van der Waals surface area contributed by atoms with Gasteiger partial charge in [-0.05, 0) is 18.9 Å². The maximum absolute atomic E-state index is 12.1. The van der Waals surface area contributed by atoms with Gasteiger partial charge >= 0.3 is 0 Å². The van der Waals surface area contributed by atoms with Gasteiger partial charge in [-0.3, -0.25) is 15.0 Å². The van der Waals surface area contributed by atoms with Gasteiger partial charge in [-0.2, -0.15) is 4.57 Å². The first-order chi connectivity index (χ1) is 10.3. The summed E-state index contributed by atoms with van der Waals surface area (Å²) in [4.78, 5) is 27.6. The van der Waals surface area contributed by atoms with E-state index in [1.807, 2.05) is 4.83 Å². The van der Waals surface area contributed by atoms with Crippen molar-refractivity contribution >= 4 is 21.8 Å². The fourth-order valence-corrected chi connectivity index (χ4v) is 2.47. The van der Waals surface area contributed by atoms with E-state index in [4.69, 9.17) is 0 Å². The summed E-state index contributed by atoms with van der Waals surface area (Å²) in [7, 11) is -3.52. The average molecular weight is 363 g/mol. The maximum Gasteiger partial charge on any atom is 0.288 e. The van der Waals surface area contributed by atoms with Crippen LogP contribution < -0.4 is 27.2 Å². The molecule has 10 heteroatoms. The van der Waals surface area contributed by atoms with E-state index in [-0.39, 0.29) is 30.4 Å². The number of nitrogens with one attached hydrogen (secondary N) is 2. The Morgan fingerprint density at radius 3 is 2.57 bits per heavy atom. The summed E-state index contributed by atoms with van der Waals surface area (Å²) in [6.45, 7) is 1.70. The minimum atomic E-state index is -3.52. The normalized spacial score (nSPS) is 14.2. The van der Waals surface area contributed by atoms with Gasteiger partial charge in [0.2, 0.25) is 16.6 Å². The Kier molecular flexibility index (Phi) is 6.92. The molecule has 0 saturated carbocycles. The fourth-order valence-electron chi connectivity index (χ4n) is 2.19. The first kappa shape index (κ1) is 19.3. The molecule has 2 amide bonds. The first-order valence-corrected chi connectivity index (χ1v) is 8.78. The van der Waals surface area contributed by atoms with Crippen LogP contribution >= 0.6 is 0 Å². The van der Waals surface area contributed by atoms with Crippen molar-refractivity contribution in [1.29, 1.82) is 0 Å². The molecule has 1 fully saturated rings. The number of pyridine rings is 1. The highest BCUT2D eigenvalue weighted by Gasteiger charge is 2.22. The van der Waals surface area contributed by atoms with Crippen LogP contribution in [0.1, 0.15) is 23.2 Å². The van der Waals surface area contributed by atoms with Gasteiger partial charge < -0.3 is 17.3 Å². The van der Waals surface area contributed by atoms with Crippen molar-refractivity contribution in [1.82, 2.24) is 15.2 Å². The van der Waals surface area contributed by atoms with Crippen LogP contribution in [0, 0.1) is 0 Å². The highest BCUT2D eigenvalue weighted by atomic mass is 35.5. The molecule has 0 bridgehead atoms. The van der Waals surface area contributed by atoms with Crippen LogP contribution in [0.3, 0.4) is 0 Å². The lowest BCUT2D eigenvalue weighted by Gasteiger charge is -2.12. The molecule has 0 aliphatic carbocycles. The van der Waals surface area contributed by atoms with Gasteiger partial charge in [-0.1, -0.05) is 0 Å². The molecular weight excluding hydrogens is 344 g/mol. The third-order valence-corrected chi connectivity index (χ3v) is 3.72. The molecule has 8 nitrogen and oxygen atoms in total. The van der Waals surface area contributed by atoms with E-state index < -0.39 is 15.9 Å². The van der Waals surface area contributed by atoms with Crippen LogP contribution in [0.2, 0.25) is 0 Å². The minimum absolute atomic E-state index is 0. The van der Waals surface area contributed by atoms with Crippen molar-refractivity contribution in [3.8, 4) is 0 Å². The molecule has 23 heavy (non-hydrogen) atoms. The lowest BCUT2D eigenvalue weighted by Crippen LogP contribution is -3.00. The lowest BCUT2D eigenvalue weighted by atomic mass is 10.2. The summed E-state index contributed by atoms with van der Waals surface area (Å²) in [5, 5.41) is 0. The Hall–Kier alpha value is -1.71. The van der Waals surface area contributed by atoms with E-state index in [0.717, 1.165) is 32.2 Å². The van der Waals surface area contributed by atoms with Gasteiger partial charge in [0.05, 0.1) is 6.26 Å². The van der Waals surface area contributed by atoms with Crippen molar-refractivity contribution in [3.05, 3.63) is 30.1 Å². The summed E-state index contributed by atoms with van der Waals surface area (Å²) in [5.41, 5.74) is 2.35. The number of hydrogen-bond donors (Lipinski definition) is 2. The van der Waals surface area contributed by atoms with Crippen LogP contribution in [-0.4, -0.2) is 44.5 Å². The van der Waals surface area contributed by atoms with E-state index in [0.29, 0.717) is 0 Å². The van der Waals surface area contributed by atoms with Crippen molar-refractivity contribution in [3.63, 3.8) is 0 Å². The van der Waals surface area contributed by atoms with Gasteiger partial charge in [-0.15, -0.1) is 4.83 Å². The number of rotatable bonds is 5.